The van der Waals surface area contributed by atoms with Crippen LogP contribution in [0.5, 0.6) is 0 Å². The Bertz CT molecular complexity index is 431. The zero-order valence-electron chi connectivity index (χ0n) is 12.4. The fourth-order valence-electron chi connectivity index (χ4n) is 3.86. The molecule has 1 aromatic rings. The van der Waals surface area contributed by atoms with Crippen LogP contribution in [-0.4, -0.2) is 12.1 Å². The lowest BCUT2D eigenvalue weighted by atomic mass is 9.75. The summed E-state index contributed by atoms with van der Waals surface area (Å²) in [4.78, 5) is 0. The molecule has 0 heterocycles. The Balaban J connectivity index is 1.42. The van der Waals surface area contributed by atoms with Gasteiger partial charge >= 0.3 is 0 Å². The van der Waals surface area contributed by atoms with Crippen molar-refractivity contribution < 1.29 is 4.39 Å². The van der Waals surface area contributed by atoms with E-state index in [4.69, 9.17) is 0 Å². The molecule has 0 aliphatic heterocycles. The van der Waals surface area contributed by atoms with Crippen molar-refractivity contribution in [2.45, 2.75) is 69.9 Å². The molecule has 2 aliphatic carbocycles. The second-order valence-corrected chi connectivity index (χ2v) is 6.71. The van der Waals surface area contributed by atoms with Crippen LogP contribution >= 0.6 is 0 Å². The predicted molar refractivity (Wildman–Crippen MR) is 81.3 cm³/mol. The van der Waals surface area contributed by atoms with E-state index in [1.807, 2.05) is 6.07 Å². The number of rotatable bonds is 4. The molecule has 0 spiro atoms. The summed E-state index contributed by atoms with van der Waals surface area (Å²) in [5.74, 6) is 1.43. The smallest absolute Gasteiger partial charge is 0.123 e. The van der Waals surface area contributed by atoms with E-state index >= 15 is 0 Å². The first-order chi connectivity index (χ1) is 9.74. The molecular formula is C18H26FN. The fourth-order valence-corrected chi connectivity index (χ4v) is 3.86. The van der Waals surface area contributed by atoms with Crippen molar-refractivity contribution in [2.75, 3.05) is 0 Å². The van der Waals surface area contributed by atoms with Gasteiger partial charge in [0.15, 0.2) is 0 Å². The van der Waals surface area contributed by atoms with Crippen molar-refractivity contribution in [1.82, 2.24) is 5.32 Å². The number of hydrogen-bond acceptors (Lipinski definition) is 1. The maximum atomic E-state index is 13.2. The molecule has 110 valence electrons. The minimum atomic E-state index is -0.100. The highest BCUT2D eigenvalue weighted by Crippen LogP contribution is 2.38. The topological polar surface area (TPSA) is 12.0 Å². The molecule has 1 N–H and O–H groups in total. The van der Waals surface area contributed by atoms with E-state index in [0.717, 1.165) is 12.0 Å². The molecular weight excluding hydrogens is 249 g/mol. The standard InChI is InChI=1S/C18H26FN/c1-2-13-6-8-17(9-7-13)20-18-11-15(12-18)14-4-3-5-16(19)10-14/h3-5,10,13,15,17-18,20H,2,6-9,11-12H2,1H3. The monoisotopic (exact) mass is 275 g/mol. The van der Waals surface area contributed by atoms with Crippen molar-refractivity contribution in [3.63, 3.8) is 0 Å². The number of halogens is 1. The first-order valence-electron chi connectivity index (χ1n) is 8.26. The summed E-state index contributed by atoms with van der Waals surface area (Å²) in [5.41, 5.74) is 1.18. The van der Waals surface area contributed by atoms with Crippen LogP contribution in [0.25, 0.3) is 0 Å². The maximum Gasteiger partial charge on any atom is 0.123 e. The average Bonchev–Trinajstić information content (AvgIpc) is 2.43. The van der Waals surface area contributed by atoms with Gasteiger partial charge in [-0.3, -0.25) is 0 Å². The normalized spacial score (nSPS) is 33.7. The Morgan fingerprint density at radius 1 is 1.10 bits per heavy atom. The van der Waals surface area contributed by atoms with Gasteiger partial charge in [-0.1, -0.05) is 25.5 Å². The maximum absolute atomic E-state index is 13.2. The third kappa shape index (κ3) is 3.22. The first kappa shape index (κ1) is 14.1. The van der Waals surface area contributed by atoms with E-state index in [1.54, 1.807) is 6.07 Å². The molecule has 2 saturated carbocycles. The molecule has 20 heavy (non-hydrogen) atoms. The molecule has 3 rings (SSSR count). The second-order valence-electron chi connectivity index (χ2n) is 6.71. The van der Waals surface area contributed by atoms with Crippen molar-refractivity contribution in [3.05, 3.63) is 35.6 Å². The third-order valence-corrected chi connectivity index (χ3v) is 5.35. The summed E-state index contributed by atoms with van der Waals surface area (Å²) in [7, 11) is 0. The quantitative estimate of drug-likeness (QED) is 0.844. The number of nitrogens with one attached hydrogen (secondary N) is 1. The molecule has 2 fully saturated rings. The van der Waals surface area contributed by atoms with Gasteiger partial charge in [-0.2, -0.15) is 0 Å². The van der Waals surface area contributed by atoms with Crippen LogP contribution in [0.2, 0.25) is 0 Å². The Morgan fingerprint density at radius 3 is 2.50 bits per heavy atom. The summed E-state index contributed by atoms with van der Waals surface area (Å²) in [6, 6.07) is 8.52. The molecule has 2 aliphatic rings. The summed E-state index contributed by atoms with van der Waals surface area (Å²) >= 11 is 0. The number of hydrogen-bond donors (Lipinski definition) is 1. The van der Waals surface area contributed by atoms with Crippen LogP contribution in [0.4, 0.5) is 4.39 Å². The minimum absolute atomic E-state index is 0.100. The van der Waals surface area contributed by atoms with Crippen molar-refractivity contribution in [2.24, 2.45) is 5.92 Å². The van der Waals surface area contributed by atoms with Gasteiger partial charge in [-0.25, -0.2) is 4.39 Å². The first-order valence-corrected chi connectivity index (χ1v) is 8.26. The summed E-state index contributed by atoms with van der Waals surface area (Å²) < 4.78 is 13.2. The van der Waals surface area contributed by atoms with Gasteiger partial charge in [0.1, 0.15) is 5.82 Å². The molecule has 0 unspecified atom stereocenters. The van der Waals surface area contributed by atoms with Gasteiger partial charge in [-0.15, -0.1) is 0 Å². The Kier molecular flexibility index (Phi) is 4.40. The Morgan fingerprint density at radius 2 is 1.85 bits per heavy atom. The van der Waals surface area contributed by atoms with Gasteiger partial charge in [0, 0.05) is 12.1 Å². The molecule has 0 radical (unpaired) electrons. The zero-order valence-corrected chi connectivity index (χ0v) is 12.4. The average molecular weight is 275 g/mol. The lowest BCUT2D eigenvalue weighted by molar-refractivity contribution is 0.214. The fraction of sp³-hybridized carbons (Fsp3) is 0.667. The lowest BCUT2D eigenvalue weighted by Gasteiger charge is -2.40. The molecule has 2 heteroatoms. The highest BCUT2D eigenvalue weighted by molar-refractivity contribution is 5.23. The molecule has 0 aromatic heterocycles. The largest absolute Gasteiger partial charge is 0.311 e. The minimum Gasteiger partial charge on any atom is -0.311 e. The van der Waals surface area contributed by atoms with Crippen LogP contribution in [0.3, 0.4) is 0 Å². The van der Waals surface area contributed by atoms with E-state index in [0.29, 0.717) is 12.0 Å². The van der Waals surface area contributed by atoms with E-state index in [9.17, 15) is 4.39 Å². The van der Waals surface area contributed by atoms with Gasteiger partial charge < -0.3 is 5.32 Å². The van der Waals surface area contributed by atoms with E-state index < -0.39 is 0 Å². The highest BCUT2D eigenvalue weighted by atomic mass is 19.1. The van der Waals surface area contributed by atoms with Crippen LogP contribution in [-0.2, 0) is 0 Å². The van der Waals surface area contributed by atoms with Crippen LogP contribution in [0, 0.1) is 11.7 Å². The molecule has 0 amide bonds. The third-order valence-electron chi connectivity index (χ3n) is 5.35. The van der Waals surface area contributed by atoms with Crippen molar-refractivity contribution in [1.29, 1.82) is 0 Å². The Hall–Kier alpha value is -0.890. The molecule has 0 atom stereocenters. The van der Waals surface area contributed by atoms with Crippen molar-refractivity contribution in [3.8, 4) is 0 Å². The number of benzene rings is 1. The van der Waals surface area contributed by atoms with Crippen LogP contribution < -0.4 is 5.32 Å². The van der Waals surface area contributed by atoms with Crippen molar-refractivity contribution >= 4 is 0 Å². The predicted octanol–water partition coefficient (Wildman–Crippen LogP) is 4.63. The highest BCUT2D eigenvalue weighted by Gasteiger charge is 2.32. The van der Waals surface area contributed by atoms with Crippen LogP contribution in [0.1, 0.15) is 63.4 Å². The van der Waals surface area contributed by atoms with E-state index in [2.05, 4.69) is 18.3 Å². The zero-order chi connectivity index (χ0) is 13.9. The summed E-state index contributed by atoms with van der Waals surface area (Å²) in [6.45, 7) is 2.31. The molecule has 0 bridgehead atoms. The molecule has 1 nitrogen and oxygen atoms in total. The van der Waals surface area contributed by atoms with Gasteiger partial charge in [0.25, 0.3) is 0 Å². The van der Waals surface area contributed by atoms with Gasteiger partial charge in [0.05, 0.1) is 0 Å². The Labute approximate surface area is 122 Å². The molecule has 0 saturated heterocycles. The lowest BCUT2D eigenvalue weighted by Crippen LogP contribution is -2.46. The van der Waals surface area contributed by atoms with E-state index in [-0.39, 0.29) is 5.82 Å². The van der Waals surface area contributed by atoms with E-state index in [1.165, 1.54) is 56.6 Å². The van der Waals surface area contributed by atoms with Crippen LogP contribution in [0.15, 0.2) is 24.3 Å². The van der Waals surface area contributed by atoms with Gasteiger partial charge in [0.2, 0.25) is 0 Å². The molecule has 1 aromatic carbocycles. The summed E-state index contributed by atoms with van der Waals surface area (Å²) in [6.07, 6.45) is 9.19. The summed E-state index contributed by atoms with van der Waals surface area (Å²) in [5, 5.41) is 3.82. The SMILES string of the molecule is CCC1CCC(NC2CC(c3cccc(F)c3)C2)CC1. The second kappa shape index (κ2) is 6.26. The van der Waals surface area contributed by atoms with Gasteiger partial charge in [-0.05, 0) is 68.1 Å².